The van der Waals surface area contributed by atoms with Crippen molar-refractivity contribution in [1.82, 2.24) is 10.9 Å². The summed E-state index contributed by atoms with van der Waals surface area (Å²) < 4.78 is 0. The molecule has 0 rings (SSSR count). The first-order chi connectivity index (χ1) is 4.81. The maximum atomic E-state index is 3.54. The van der Waals surface area contributed by atoms with Crippen LogP contribution in [0, 0.1) is 0 Å². The lowest BCUT2D eigenvalue weighted by atomic mass is 10.4. The Morgan fingerprint density at radius 3 is 2.20 bits per heavy atom. The fourth-order valence-corrected chi connectivity index (χ4v) is 0.416. The topological polar surface area (TPSA) is 24.1 Å². The fourth-order valence-electron chi connectivity index (χ4n) is 0.416. The number of rotatable bonds is 3. The maximum absolute atomic E-state index is 3.54. The van der Waals surface area contributed by atoms with Crippen LogP contribution >= 0.6 is 0 Å². The summed E-state index contributed by atoms with van der Waals surface area (Å²) in [5.74, 6) is 0. The standard InChI is InChI=1S/C6H12N2.C2H6/c1-4-5-6(2)8-7-3;1-2/h4-5,7-8H,1H2,2-3H3;1-2H3/b6-5-;. The van der Waals surface area contributed by atoms with Crippen LogP contribution in [0.1, 0.15) is 20.8 Å². The van der Waals surface area contributed by atoms with Gasteiger partial charge < -0.3 is 5.43 Å². The van der Waals surface area contributed by atoms with Gasteiger partial charge in [0, 0.05) is 12.7 Å². The molecule has 10 heavy (non-hydrogen) atoms. The van der Waals surface area contributed by atoms with E-state index in [0.717, 1.165) is 5.70 Å². The predicted octanol–water partition coefficient (Wildman–Crippen LogP) is 1.83. The van der Waals surface area contributed by atoms with Gasteiger partial charge >= 0.3 is 0 Å². The lowest BCUT2D eigenvalue weighted by Gasteiger charge is -2.00. The minimum Gasteiger partial charge on any atom is -0.326 e. The number of hydrogen-bond acceptors (Lipinski definition) is 2. The van der Waals surface area contributed by atoms with Gasteiger partial charge in [0.05, 0.1) is 0 Å². The molecule has 0 aromatic carbocycles. The molecule has 0 heterocycles. The van der Waals surface area contributed by atoms with Gasteiger partial charge in [0.15, 0.2) is 0 Å². The molecule has 0 aliphatic rings. The smallest absolute Gasteiger partial charge is 0.0230 e. The summed E-state index contributed by atoms with van der Waals surface area (Å²) in [5, 5.41) is 0. The van der Waals surface area contributed by atoms with E-state index in [2.05, 4.69) is 17.4 Å². The number of nitrogens with one attached hydrogen (secondary N) is 2. The first-order valence-corrected chi connectivity index (χ1v) is 3.53. The molecule has 0 unspecified atom stereocenters. The monoisotopic (exact) mass is 142 g/mol. The third-order valence-corrected chi connectivity index (χ3v) is 0.690. The summed E-state index contributed by atoms with van der Waals surface area (Å²) in [6, 6.07) is 0. The summed E-state index contributed by atoms with van der Waals surface area (Å²) in [4.78, 5) is 0. The molecule has 0 saturated carbocycles. The van der Waals surface area contributed by atoms with Crippen molar-refractivity contribution < 1.29 is 0 Å². The second kappa shape index (κ2) is 11.1. The SMILES string of the molecule is C=C/C=C(/C)NNC.CC. The molecule has 0 fully saturated rings. The van der Waals surface area contributed by atoms with E-state index in [9.17, 15) is 0 Å². The van der Waals surface area contributed by atoms with Crippen LogP contribution < -0.4 is 10.9 Å². The highest BCUT2D eigenvalue weighted by molar-refractivity contribution is 5.04. The van der Waals surface area contributed by atoms with E-state index in [1.54, 1.807) is 6.08 Å². The molecule has 0 aliphatic carbocycles. The Kier molecular flexibility index (Phi) is 13.3. The van der Waals surface area contributed by atoms with Crippen LogP contribution in [0.2, 0.25) is 0 Å². The zero-order chi connectivity index (χ0) is 8.41. The zero-order valence-electron chi connectivity index (χ0n) is 7.36. The minimum atomic E-state index is 1.06. The molecule has 2 heteroatoms. The van der Waals surface area contributed by atoms with E-state index in [4.69, 9.17) is 0 Å². The molecule has 0 spiro atoms. The Balaban J connectivity index is 0. The molecule has 0 radical (unpaired) electrons. The van der Waals surface area contributed by atoms with Gasteiger partial charge in [0.25, 0.3) is 0 Å². The van der Waals surface area contributed by atoms with Crippen molar-refractivity contribution in [1.29, 1.82) is 0 Å². The lowest BCUT2D eigenvalue weighted by Crippen LogP contribution is -2.24. The van der Waals surface area contributed by atoms with Crippen LogP contribution in [-0.4, -0.2) is 7.05 Å². The molecule has 0 saturated heterocycles. The van der Waals surface area contributed by atoms with Gasteiger partial charge in [-0.1, -0.05) is 26.5 Å². The molecule has 0 aromatic rings. The van der Waals surface area contributed by atoms with Crippen molar-refractivity contribution >= 4 is 0 Å². The Morgan fingerprint density at radius 2 is 1.90 bits per heavy atom. The first kappa shape index (κ1) is 12.0. The third-order valence-electron chi connectivity index (χ3n) is 0.690. The van der Waals surface area contributed by atoms with E-state index in [1.165, 1.54) is 0 Å². The summed E-state index contributed by atoms with van der Waals surface area (Å²) in [7, 11) is 1.82. The highest BCUT2D eigenvalue weighted by Crippen LogP contribution is 1.81. The van der Waals surface area contributed by atoms with Crippen LogP contribution in [-0.2, 0) is 0 Å². The minimum absolute atomic E-state index is 1.06. The van der Waals surface area contributed by atoms with Gasteiger partial charge in [0.2, 0.25) is 0 Å². The van der Waals surface area contributed by atoms with Crippen LogP contribution in [0.3, 0.4) is 0 Å². The molecule has 0 amide bonds. The third kappa shape index (κ3) is 10.3. The largest absolute Gasteiger partial charge is 0.326 e. The van der Waals surface area contributed by atoms with Crippen molar-refractivity contribution in [3.8, 4) is 0 Å². The average Bonchev–Trinajstić information content (AvgIpc) is 1.93. The quantitative estimate of drug-likeness (QED) is 0.464. The summed E-state index contributed by atoms with van der Waals surface area (Å²) in [5.41, 5.74) is 6.73. The van der Waals surface area contributed by atoms with Crippen LogP contribution in [0.4, 0.5) is 0 Å². The van der Waals surface area contributed by atoms with E-state index in [0.29, 0.717) is 0 Å². The summed E-state index contributed by atoms with van der Waals surface area (Å²) >= 11 is 0. The average molecular weight is 142 g/mol. The van der Waals surface area contributed by atoms with E-state index < -0.39 is 0 Å². The number of hydrazine groups is 1. The van der Waals surface area contributed by atoms with Gasteiger partial charge in [-0.15, -0.1) is 0 Å². The maximum Gasteiger partial charge on any atom is 0.0230 e. The van der Waals surface area contributed by atoms with E-state index >= 15 is 0 Å². The highest BCUT2D eigenvalue weighted by atomic mass is 15.3. The predicted molar refractivity (Wildman–Crippen MR) is 47.5 cm³/mol. The molecule has 0 aromatic heterocycles. The summed E-state index contributed by atoms with van der Waals surface area (Å²) in [6.07, 6.45) is 3.62. The van der Waals surface area contributed by atoms with E-state index in [-0.39, 0.29) is 0 Å². The fraction of sp³-hybridized carbons (Fsp3) is 0.500. The zero-order valence-corrected chi connectivity index (χ0v) is 7.36. The van der Waals surface area contributed by atoms with Crippen molar-refractivity contribution in [2.24, 2.45) is 0 Å². The van der Waals surface area contributed by atoms with Gasteiger partial charge in [-0.2, -0.15) is 0 Å². The van der Waals surface area contributed by atoms with Crippen molar-refractivity contribution in [3.05, 3.63) is 24.4 Å². The highest BCUT2D eigenvalue weighted by Gasteiger charge is 1.75. The van der Waals surface area contributed by atoms with Gasteiger partial charge in [-0.3, -0.25) is 0 Å². The lowest BCUT2D eigenvalue weighted by molar-refractivity contribution is 0.690. The molecule has 0 aliphatic heterocycles. The summed E-state index contributed by atoms with van der Waals surface area (Å²) in [6.45, 7) is 9.50. The van der Waals surface area contributed by atoms with Crippen LogP contribution in [0.25, 0.3) is 0 Å². The molecule has 0 bridgehead atoms. The van der Waals surface area contributed by atoms with Gasteiger partial charge in [0.1, 0.15) is 0 Å². The van der Waals surface area contributed by atoms with Crippen LogP contribution in [0.5, 0.6) is 0 Å². The normalized spacial score (nSPS) is 9.40. The van der Waals surface area contributed by atoms with Crippen molar-refractivity contribution in [2.75, 3.05) is 7.05 Å². The van der Waals surface area contributed by atoms with Crippen LogP contribution in [0.15, 0.2) is 24.4 Å². The Labute approximate surface area is 64.0 Å². The molecular weight excluding hydrogens is 124 g/mol. The second-order valence-corrected chi connectivity index (χ2v) is 1.46. The first-order valence-electron chi connectivity index (χ1n) is 3.53. The molecule has 0 atom stereocenters. The number of hydrogen-bond donors (Lipinski definition) is 2. The van der Waals surface area contributed by atoms with Crippen molar-refractivity contribution in [2.45, 2.75) is 20.8 Å². The molecular formula is C8H18N2. The van der Waals surface area contributed by atoms with Crippen molar-refractivity contribution in [3.63, 3.8) is 0 Å². The number of allylic oxidation sites excluding steroid dienone is 3. The molecule has 60 valence electrons. The molecule has 2 nitrogen and oxygen atoms in total. The Morgan fingerprint density at radius 1 is 1.40 bits per heavy atom. The van der Waals surface area contributed by atoms with Gasteiger partial charge in [-0.05, 0) is 13.0 Å². The second-order valence-electron chi connectivity index (χ2n) is 1.46. The Bertz CT molecular complexity index is 95.4. The van der Waals surface area contributed by atoms with Gasteiger partial charge in [-0.25, -0.2) is 5.43 Å². The van der Waals surface area contributed by atoms with E-state index in [1.807, 2.05) is 33.9 Å². The Hall–Kier alpha value is -0.760. The molecule has 2 N–H and O–H groups in total.